The van der Waals surface area contributed by atoms with E-state index in [2.05, 4.69) is 24.9 Å². The molecular weight excluding hydrogens is 172 g/mol. The fourth-order valence-electron chi connectivity index (χ4n) is 1.65. The molecule has 0 aromatic heterocycles. The SMILES string of the molecule is CC(C1CC1)N(C)CCC(C)(C)C#N. The van der Waals surface area contributed by atoms with E-state index in [0.717, 1.165) is 18.9 Å². The van der Waals surface area contributed by atoms with E-state index in [9.17, 15) is 0 Å². The second kappa shape index (κ2) is 4.31. The fourth-order valence-corrected chi connectivity index (χ4v) is 1.65. The molecule has 0 amide bonds. The summed E-state index contributed by atoms with van der Waals surface area (Å²) in [7, 11) is 2.18. The van der Waals surface area contributed by atoms with Crippen LogP contribution in [0.4, 0.5) is 0 Å². The number of nitriles is 1. The predicted octanol–water partition coefficient (Wildman–Crippen LogP) is 2.66. The van der Waals surface area contributed by atoms with Gasteiger partial charge in [0, 0.05) is 6.04 Å². The van der Waals surface area contributed by atoms with Gasteiger partial charge in [-0.3, -0.25) is 0 Å². The van der Waals surface area contributed by atoms with Crippen LogP contribution in [0.15, 0.2) is 0 Å². The molecule has 1 atom stereocenters. The van der Waals surface area contributed by atoms with Gasteiger partial charge < -0.3 is 4.90 Å². The van der Waals surface area contributed by atoms with E-state index in [0.29, 0.717) is 6.04 Å². The minimum Gasteiger partial charge on any atom is -0.303 e. The first-order valence-corrected chi connectivity index (χ1v) is 5.58. The lowest BCUT2D eigenvalue weighted by Gasteiger charge is -2.27. The summed E-state index contributed by atoms with van der Waals surface area (Å²) in [4.78, 5) is 2.40. The third kappa shape index (κ3) is 3.31. The van der Waals surface area contributed by atoms with Crippen molar-refractivity contribution in [3.05, 3.63) is 0 Å². The van der Waals surface area contributed by atoms with Crippen LogP contribution in [0.2, 0.25) is 0 Å². The standard InChI is InChI=1S/C12H22N2/c1-10(11-5-6-11)14(4)8-7-12(2,3)9-13/h10-11H,5-8H2,1-4H3. The van der Waals surface area contributed by atoms with E-state index in [1.807, 2.05) is 13.8 Å². The highest BCUT2D eigenvalue weighted by Gasteiger charge is 2.30. The molecule has 1 unspecified atom stereocenters. The van der Waals surface area contributed by atoms with Crippen molar-refractivity contribution >= 4 is 0 Å². The third-order valence-corrected chi connectivity index (χ3v) is 3.39. The molecule has 80 valence electrons. The molecule has 1 fully saturated rings. The van der Waals surface area contributed by atoms with Crippen LogP contribution in [-0.4, -0.2) is 24.5 Å². The zero-order valence-corrected chi connectivity index (χ0v) is 9.88. The largest absolute Gasteiger partial charge is 0.303 e. The Hall–Kier alpha value is -0.550. The summed E-state index contributed by atoms with van der Waals surface area (Å²) >= 11 is 0. The highest BCUT2D eigenvalue weighted by atomic mass is 15.1. The molecule has 14 heavy (non-hydrogen) atoms. The van der Waals surface area contributed by atoms with Crippen LogP contribution >= 0.6 is 0 Å². The van der Waals surface area contributed by atoms with Gasteiger partial charge in [-0.15, -0.1) is 0 Å². The van der Waals surface area contributed by atoms with Gasteiger partial charge in [-0.25, -0.2) is 0 Å². The van der Waals surface area contributed by atoms with Crippen LogP contribution < -0.4 is 0 Å². The zero-order valence-electron chi connectivity index (χ0n) is 9.88. The van der Waals surface area contributed by atoms with Crippen LogP contribution in [0.3, 0.4) is 0 Å². The average Bonchev–Trinajstić information content (AvgIpc) is 2.96. The Kier molecular flexibility index (Phi) is 3.55. The van der Waals surface area contributed by atoms with E-state index >= 15 is 0 Å². The lowest BCUT2D eigenvalue weighted by Crippen LogP contribution is -2.33. The smallest absolute Gasteiger partial charge is 0.0684 e. The van der Waals surface area contributed by atoms with Gasteiger partial charge in [0.05, 0.1) is 11.5 Å². The van der Waals surface area contributed by atoms with Gasteiger partial charge in [0.25, 0.3) is 0 Å². The molecule has 0 spiro atoms. The van der Waals surface area contributed by atoms with Gasteiger partial charge in [0.15, 0.2) is 0 Å². The average molecular weight is 194 g/mol. The molecule has 0 aromatic carbocycles. The summed E-state index contributed by atoms with van der Waals surface area (Å²) in [6.07, 6.45) is 3.76. The Morgan fingerprint density at radius 3 is 2.50 bits per heavy atom. The van der Waals surface area contributed by atoms with Crippen molar-refractivity contribution in [3.63, 3.8) is 0 Å². The number of nitrogens with zero attached hydrogens (tertiary/aromatic N) is 2. The molecule has 1 aliphatic carbocycles. The van der Waals surface area contributed by atoms with Gasteiger partial charge in [-0.1, -0.05) is 0 Å². The van der Waals surface area contributed by atoms with Crippen LogP contribution in [-0.2, 0) is 0 Å². The van der Waals surface area contributed by atoms with Crippen LogP contribution in [0.25, 0.3) is 0 Å². The lowest BCUT2D eigenvalue weighted by atomic mass is 9.91. The predicted molar refractivity (Wildman–Crippen MR) is 58.8 cm³/mol. The Balaban J connectivity index is 2.27. The summed E-state index contributed by atoms with van der Waals surface area (Å²) in [5.74, 6) is 0.921. The Bertz CT molecular complexity index is 223. The molecule has 2 heteroatoms. The summed E-state index contributed by atoms with van der Waals surface area (Å²) in [6, 6.07) is 3.05. The van der Waals surface area contributed by atoms with Crippen LogP contribution in [0.1, 0.15) is 40.0 Å². The Morgan fingerprint density at radius 1 is 1.50 bits per heavy atom. The van der Waals surface area contributed by atoms with Gasteiger partial charge in [0.1, 0.15) is 0 Å². The van der Waals surface area contributed by atoms with Crippen molar-refractivity contribution in [2.75, 3.05) is 13.6 Å². The number of hydrogen-bond donors (Lipinski definition) is 0. The summed E-state index contributed by atoms with van der Waals surface area (Å²) in [6.45, 7) is 7.38. The first-order valence-electron chi connectivity index (χ1n) is 5.58. The molecule has 1 rings (SSSR count). The maximum Gasteiger partial charge on any atom is 0.0684 e. The lowest BCUT2D eigenvalue weighted by molar-refractivity contribution is 0.211. The fraction of sp³-hybridized carbons (Fsp3) is 0.917. The normalized spacial score (nSPS) is 19.4. The van der Waals surface area contributed by atoms with Crippen molar-refractivity contribution in [1.82, 2.24) is 4.90 Å². The van der Waals surface area contributed by atoms with Gasteiger partial charge in [0.2, 0.25) is 0 Å². The van der Waals surface area contributed by atoms with Crippen molar-refractivity contribution in [2.24, 2.45) is 11.3 Å². The molecule has 0 saturated heterocycles. The van der Waals surface area contributed by atoms with E-state index in [-0.39, 0.29) is 5.41 Å². The van der Waals surface area contributed by atoms with Crippen molar-refractivity contribution in [1.29, 1.82) is 5.26 Å². The molecule has 1 saturated carbocycles. The van der Waals surface area contributed by atoms with Gasteiger partial charge in [-0.05, 0) is 59.5 Å². The van der Waals surface area contributed by atoms with Crippen LogP contribution in [0, 0.1) is 22.7 Å². The second-order valence-corrected chi connectivity index (χ2v) is 5.30. The zero-order chi connectivity index (χ0) is 10.8. The maximum atomic E-state index is 8.90. The van der Waals surface area contributed by atoms with Crippen LogP contribution in [0.5, 0.6) is 0 Å². The molecule has 1 aliphatic rings. The van der Waals surface area contributed by atoms with Gasteiger partial charge >= 0.3 is 0 Å². The maximum absolute atomic E-state index is 8.90. The summed E-state index contributed by atoms with van der Waals surface area (Å²) in [5, 5.41) is 8.90. The molecule has 0 bridgehead atoms. The molecular formula is C12H22N2. The second-order valence-electron chi connectivity index (χ2n) is 5.30. The van der Waals surface area contributed by atoms with Crippen molar-refractivity contribution in [3.8, 4) is 6.07 Å². The van der Waals surface area contributed by atoms with Crippen molar-refractivity contribution < 1.29 is 0 Å². The molecule has 0 radical (unpaired) electrons. The molecule has 0 aliphatic heterocycles. The van der Waals surface area contributed by atoms with E-state index < -0.39 is 0 Å². The van der Waals surface area contributed by atoms with E-state index in [1.54, 1.807) is 0 Å². The number of hydrogen-bond acceptors (Lipinski definition) is 2. The monoisotopic (exact) mass is 194 g/mol. The molecule has 2 nitrogen and oxygen atoms in total. The van der Waals surface area contributed by atoms with Gasteiger partial charge in [-0.2, -0.15) is 5.26 Å². The highest BCUT2D eigenvalue weighted by Crippen LogP contribution is 2.35. The Labute approximate surface area is 87.9 Å². The molecule has 0 aromatic rings. The minimum atomic E-state index is -0.169. The minimum absolute atomic E-state index is 0.169. The summed E-state index contributed by atoms with van der Waals surface area (Å²) in [5.41, 5.74) is -0.169. The van der Waals surface area contributed by atoms with E-state index in [1.165, 1.54) is 12.8 Å². The highest BCUT2D eigenvalue weighted by molar-refractivity contribution is 4.92. The van der Waals surface area contributed by atoms with E-state index in [4.69, 9.17) is 5.26 Å². The molecule has 0 N–H and O–H groups in total. The summed E-state index contributed by atoms with van der Waals surface area (Å²) < 4.78 is 0. The molecule has 0 heterocycles. The Morgan fingerprint density at radius 2 is 2.07 bits per heavy atom. The topological polar surface area (TPSA) is 27.0 Å². The quantitative estimate of drug-likeness (QED) is 0.672. The number of rotatable bonds is 5. The van der Waals surface area contributed by atoms with Crippen molar-refractivity contribution in [2.45, 2.75) is 46.1 Å². The first kappa shape index (κ1) is 11.5. The first-order chi connectivity index (χ1) is 6.46. The third-order valence-electron chi connectivity index (χ3n) is 3.39.